The molecule has 0 aliphatic carbocycles. The number of nitrogens with one attached hydrogen (secondary N) is 2. The van der Waals surface area contributed by atoms with Gasteiger partial charge in [-0.05, 0) is 42.0 Å². The summed E-state index contributed by atoms with van der Waals surface area (Å²) in [6, 6.07) is 13.8. The van der Waals surface area contributed by atoms with E-state index in [1.807, 2.05) is 12.1 Å². The zero-order chi connectivity index (χ0) is 16.7. The van der Waals surface area contributed by atoms with E-state index in [9.17, 15) is 4.79 Å². The van der Waals surface area contributed by atoms with E-state index in [0.29, 0.717) is 29.3 Å². The minimum absolute atomic E-state index is 0.329. The number of methoxy groups -OCH3 is 2. The molecular weight excluding hydrogens is 294 g/mol. The molecule has 0 bridgehead atoms. The first-order chi connectivity index (χ1) is 11.2. The van der Waals surface area contributed by atoms with Crippen LogP contribution in [0, 0.1) is 11.3 Å². The maximum Gasteiger partial charge on any atom is 0.319 e. The largest absolute Gasteiger partial charge is 0.493 e. The van der Waals surface area contributed by atoms with Crippen molar-refractivity contribution in [3.05, 3.63) is 53.6 Å². The zero-order valence-electron chi connectivity index (χ0n) is 12.9. The van der Waals surface area contributed by atoms with Crippen molar-refractivity contribution in [1.29, 1.82) is 5.26 Å². The number of anilines is 1. The average Bonchev–Trinajstić information content (AvgIpc) is 2.60. The molecule has 2 amide bonds. The van der Waals surface area contributed by atoms with Crippen molar-refractivity contribution in [2.75, 3.05) is 19.5 Å². The summed E-state index contributed by atoms with van der Waals surface area (Å²) in [5, 5.41) is 14.2. The number of carbonyl (C=O) groups is 1. The quantitative estimate of drug-likeness (QED) is 0.889. The Kier molecular flexibility index (Phi) is 5.42. The summed E-state index contributed by atoms with van der Waals surface area (Å²) in [5.74, 6) is 1.25. The second-order valence-corrected chi connectivity index (χ2v) is 4.69. The van der Waals surface area contributed by atoms with Gasteiger partial charge in [0.25, 0.3) is 0 Å². The third-order valence-electron chi connectivity index (χ3n) is 3.17. The lowest BCUT2D eigenvalue weighted by Crippen LogP contribution is -2.28. The van der Waals surface area contributed by atoms with Crippen LogP contribution in [0.15, 0.2) is 42.5 Å². The van der Waals surface area contributed by atoms with Gasteiger partial charge in [0, 0.05) is 12.2 Å². The molecule has 0 aromatic heterocycles. The van der Waals surface area contributed by atoms with Crippen molar-refractivity contribution >= 4 is 11.7 Å². The fourth-order valence-corrected chi connectivity index (χ4v) is 1.98. The first kappa shape index (κ1) is 16.2. The van der Waals surface area contributed by atoms with Gasteiger partial charge in [0.1, 0.15) is 0 Å². The van der Waals surface area contributed by atoms with Crippen molar-refractivity contribution in [2.45, 2.75) is 6.54 Å². The molecule has 23 heavy (non-hydrogen) atoms. The monoisotopic (exact) mass is 311 g/mol. The molecule has 0 unspecified atom stereocenters. The van der Waals surface area contributed by atoms with Crippen LogP contribution in [0.4, 0.5) is 10.5 Å². The fourth-order valence-electron chi connectivity index (χ4n) is 1.98. The molecule has 0 radical (unpaired) electrons. The highest BCUT2D eigenvalue weighted by Gasteiger charge is 2.06. The first-order valence-electron chi connectivity index (χ1n) is 6.92. The van der Waals surface area contributed by atoms with Crippen LogP contribution in [-0.2, 0) is 6.54 Å². The van der Waals surface area contributed by atoms with Gasteiger partial charge in [-0.2, -0.15) is 5.26 Å². The van der Waals surface area contributed by atoms with Crippen LogP contribution in [0.25, 0.3) is 0 Å². The van der Waals surface area contributed by atoms with E-state index in [4.69, 9.17) is 14.7 Å². The summed E-state index contributed by atoms with van der Waals surface area (Å²) in [4.78, 5) is 11.9. The minimum Gasteiger partial charge on any atom is -0.493 e. The molecule has 2 rings (SSSR count). The van der Waals surface area contributed by atoms with Crippen LogP contribution in [-0.4, -0.2) is 20.3 Å². The van der Waals surface area contributed by atoms with Gasteiger partial charge >= 0.3 is 6.03 Å². The minimum atomic E-state index is -0.329. The Balaban J connectivity index is 1.92. The van der Waals surface area contributed by atoms with Gasteiger partial charge in [-0.1, -0.05) is 6.07 Å². The molecule has 0 aliphatic rings. The van der Waals surface area contributed by atoms with Crippen molar-refractivity contribution < 1.29 is 14.3 Å². The predicted molar refractivity (Wildman–Crippen MR) is 86.6 cm³/mol. The lowest BCUT2D eigenvalue weighted by Gasteiger charge is -2.11. The van der Waals surface area contributed by atoms with Gasteiger partial charge in [0.05, 0.1) is 25.9 Å². The van der Waals surface area contributed by atoms with E-state index >= 15 is 0 Å². The lowest BCUT2D eigenvalue weighted by molar-refractivity contribution is 0.251. The van der Waals surface area contributed by atoms with Crippen LogP contribution in [0.5, 0.6) is 11.5 Å². The van der Waals surface area contributed by atoms with E-state index in [1.54, 1.807) is 50.6 Å². The molecule has 6 heteroatoms. The smallest absolute Gasteiger partial charge is 0.319 e. The summed E-state index contributed by atoms with van der Waals surface area (Å²) < 4.78 is 10.4. The van der Waals surface area contributed by atoms with Gasteiger partial charge in [-0.15, -0.1) is 0 Å². The van der Waals surface area contributed by atoms with Gasteiger partial charge < -0.3 is 20.1 Å². The van der Waals surface area contributed by atoms with Crippen LogP contribution in [0.2, 0.25) is 0 Å². The Bertz CT molecular complexity index is 721. The number of carbonyl (C=O) groups excluding carboxylic acids is 1. The Labute approximate surface area is 134 Å². The number of rotatable bonds is 5. The van der Waals surface area contributed by atoms with Crippen LogP contribution in [0.3, 0.4) is 0 Å². The average molecular weight is 311 g/mol. The molecule has 2 aromatic rings. The summed E-state index contributed by atoms with van der Waals surface area (Å²) in [7, 11) is 3.13. The van der Waals surface area contributed by atoms with Crippen molar-refractivity contribution in [3.63, 3.8) is 0 Å². The SMILES string of the molecule is COc1ccc(CNC(=O)Nc2ccc(C#N)cc2)cc1OC. The highest BCUT2D eigenvalue weighted by Crippen LogP contribution is 2.27. The maximum atomic E-state index is 11.9. The highest BCUT2D eigenvalue weighted by molar-refractivity contribution is 5.89. The number of nitrogens with zero attached hydrogens (tertiary/aromatic N) is 1. The molecule has 2 aromatic carbocycles. The van der Waals surface area contributed by atoms with E-state index < -0.39 is 0 Å². The third kappa shape index (κ3) is 4.38. The van der Waals surface area contributed by atoms with Crippen molar-refractivity contribution in [2.24, 2.45) is 0 Å². The Morgan fingerprint density at radius 3 is 2.39 bits per heavy atom. The van der Waals surface area contributed by atoms with Crippen LogP contribution in [0.1, 0.15) is 11.1 Å². The second kappa shape index (κ2) is 7.71. The van der Waals surface area contributed by atoms with Crippen LogP contribution < -0.4 is 20.1 Å². The molecular formula is C17H17N3O3. The molecule has 0 fully saturated rings. The van der Waals surface area contributed by atoms with Crippen LogP contribution >= 0.6 is 0 Å². The molecule has 6 nitrogen and oxygen atoms in total. The zero-order valence-corrected chi connectivity index (χ0v) is 12.9. The number of hydrogen-bond acceptors (Lipinski definition) is 4. The Hall–Kier alpha value is -3.20. The summed E-state index contributed by atoms with van der Waals surface area (Å²) >= 11 is 0. The molecule has 118 valence electrons. The van der Waals surface area contributed by atoms with E-state index in [0.717, 1.165) is 5.56 Å². The molecule has 0 atom stereocenters. The highest BCUT2D eigenvalue weighted by atomic mass is 16.5. The number of benzene rings is 2. The van der Waals surface area contributed by atoms with Crippen molar-refractivity contribution in [1.82, 2.24) is 5.32 Å². The molecule has 0 heterocycles. The standard InChI is InChI=1S/C17H17N3O3/c1-22-15-8-5-13(9-16(15)23-2)11-19-17(21)20-14-6-3-12(10-18)4-7-14/h3-9H,11H2,1-2H3,(H2,19,20,21). The molecule has 0 spiro atoms. The third-order valence-corrected chi connectivity index (χ3v) is 3.17. The van der Waals surface area contributed by atoms with Gasteiger partial charge in [-0.3, -0.25) is 0 Å². The second-order valence-electron chi connectivity index (χ2n) is 4.69. The number of ether oxygens (including phenoxy) is 2. The Morgan fingerprint density at radius 2 is 1.78 bits per heavy atom. The molecule has 0 saturated carbocycles. The number of amides is 2. The number of nitriles is 1. The predicted octanol–water partition coefficient (Wildman–Crippen LogP) is 2.90. The van der Waals surface area contributed by atoms with Gasteiger partial charge in [0.2, 0.25) is 0 Å². The van der Waals surface area contributed by atoms with E-state index in [1.165, 1.54) is 0 Å². The maximum absolute atomic E-state index is 11.9. The van der Waals surface area contributed by atoms with Gasteiger partial charge in [-0.25, -0.2) is 4.79 Å². The molecule has 0 saturated heterocycles. The molecule has 0 aliphatic heterocycles. The number of urea groups is 1. The van der Waals surface area contributed by atoms with Crippen molar-refractivity contribution in [3.8, 4) is 17.6 Å². The van der Waals surface area contributed by atoms with E-state index in [2.05, 4.69) is 10.6 Å². The molecule has 2 N–H and O–H groups in total. The topological polar surface area (TPSA) is 83.4 Å². The van der Waals surface area contributed by atoms with Gasteiger partial charge in [0.15, 0.2) is 11.5 Å². The Morgan fingerprint density at radius 1 is 1.09 bits per heavy atom. The van der Waals surface area contributed by atoms with E-state index in [-0.39, 0.29) is 6.03 Å². The summed E-state index contributed by atoms with van der Waals surface area (Å²) in [5.41, 5.74) is 2.05. The fraction of sp³-hybridized carbons (Fsp3) is 0.176. The normalized spacial score (nSPS) is 9.61. The first-order valence-corrected chi connectivity index (χ1v) is 6.92. The summed E-state index contributed by atoms with van der Waals surface area (Å²) in [6.45, 7) is 0.350. The lowest BCUT2D eigenvalue weighted by atomic mass is 10.2. The summed E-state index contributed by atoms with van der Waals surface area (Å²) in [6.07, 6.45) is 0. The number of hydrogen-bond donors (Lipinski definition) is 2.